The van der Waals surface area contributed by atoms with Crippen LogP contribution < -0.4 is 0 Å². The molecule has 3 aromatic rings. The van der Waals surface area contributed by atoms with Crippen LogP contribution in [0.4, 0.5) is 13.2 Å². The van der Waals surface area contributed by atoms with Crippen molar-refractivity contribution in [2.24, 2.45) is 0 Å². The first-order chi connectivity index (χ1) is 13.9. The highest BCUT2D eigenvalue weighted by Gasteiger charge is 2.45. The monoisotopic (exact) mass is 396 g/mol. The summed E-state index contributed by atoms with van der Waals surface area (Å²) in [5.74, 6) is -0.882. The Balaban J connectivity index is 1.59. The number of aryl methyl sites for hydroxylation is 2. The second kappa shape index (κ2) is 7.68. The molecule has 29 heavy (non-hydrogen) atoms. The highest BCUT2D eigenvalue weighted by molar-refractivity contribution is 5.64. The lowest BCUT2D eigenvalue weighted by Gasteiger charge is -2.32. The van der Waals surface area contributed by atoms with Crippen LogP contribution in [0.3, 0.4) is 0 Å². The molecule has 0 aromatic heterocycles. The molecule has 3 aromatic carbocycles. The van der Waals surface area contributed by atoms with E-state index in [1.165, 1.54) is 18.6 Å². The average Bonchev–Trinajstić information content (AvgIpc) is 2.71. The van der Waals surface area contributed by atoms with Crippen LogP contribution in [0.15, 0.2) is 60.7 Å². The van der Waals surface area contributed by atoms with Gasteiger partial charge < -0.3 is 4.74 Å². The van der Waals surface area contributed by atoms with Crippen molar-refractivity contribution in [3.63, 3.8) is 0 Å². The summed E-state index contributed by atoms with van der Waals surface area (Å²) in [6.45, 7) is 3.63. The van der Waals surface area contributed by atoms with E-state index in [4.69, 9.17) is 4.74 Å². The van der Waals surface area contributed by atoms with Crippen molar-refractivity contribution in [1.82, 2.24) is 0 Å². The van der Waals surface area contributed by atoms with Crippen molar-refractivity contribution in [1.29, 1.82) is 0 Å². The van der Waals surface area contributed by atoms with Crippen LogP contribution >= 0.6 is 0 Å². The number of hydrogen-bond acceptors (Lipinski definition) is 1. The lowest BCUT2D eigenvalue weighted by Crippen LogP contribution is -2.31. The molecule has 0 fully saturated rings. The lowest BCUT2D eigenvalue weighted by atomic mass is 9.91. The van der Waals surface area contributed by atoms with Crippen molar-refractivity contribution >= 4 is 0 Å². The van der Waals surface area contributed by atoms with Crippen molar-refractivity contribution < 1.29 is 17.9 Å². The molecule has 1 nitrogen and oxygen atoms in total. The Morgan fingerprint density at radius 2 is 1.55 bits per heavy atom. The average molecular weight is 396 g/mol. The maximum atomic E-state index is 14.6. The highest BCUT2D eigenvalue weighted by atomic mass is 19.3. The molecule has 0 amide bonds. The molecule has 1 unspecified atom stereocenters. The molecule has 1 aliphatic rings. The van der Waals surface area contributed by atoms with Gasteiger partial charge in [0.15, 0.2) is 0 Å². The zero-order valence-corrected chi connectivity index (χ0v) is 16.5. The van der Waals surface area contributed by atoms with Gasteiger partial charge in [-0.25, -0.2) is 4.39 Å². The number of ether oxygens (including phenoxy) is 1. The van der Waals surface area contributed by atoms with Crippen LogP contribution in [0.25, 0.3) is 11.1 Å². The zero-order chi connectivity index (χ0) is 20.6. The minimum Gasteiger partial charge on any atom is -0.308 e. The van der Waals surface area contributed by atoms with Gasteiger partial charge >= 0.3 is 6.11 Å². The maximum Gasteiger partial charge on any atom is 0.387 e. The van der Waals surface area contributed by atoms with E-state index < -0.39 is 23.6 Å². The summed E-state index contributed by atoms with van der Waals surface area (Å²) in [4.78, 5) is 0. The van der Waals surface area contributed by atoms with E-state index >= 15 is 0 Å². The Morgan fingerprint density at radius 3 is 2.17 bits per heavy atom. The van der Waals surface area contributed by atoms with Crippen molar-refractivity contribution in [2.45, 2.75) is 45.3 Å². The summed E-state index contributed by atoms with van der Waals surface area (Å²) in [5.41, 5.74) is 3.91. The highest BCUT2D eigenvalue weighted by Crippen LogP contribution is 2.45. The Kier molecular flexibility index (Phi) is 5.22. The predicted molar refractivity (Wildman–Crippen MR) is 108 cm³/mol. The molecule has 0 spiro atoms. The van der Waals surface area contributed by atoms with Gasteiger partial charge in [0.25, 0.3) is 0 Å². The molecule has 1 atom stereocenters. The van der Waals surface area contributed by atoms with Crippen molar-refractivity contribution in [2.75, 3.05) is 0 Å². The van der Waals surface area contributed by atoms with E-state index in [-0.39, 0.29) is 12.0 Å². The van der Waals surface area contributed by atoms with Gasteiger partial charge in [-0.05, 0) is 46.7 Å². The molecule has 0 bridgehead atoms. The molecule has 0 aliphatic carbocycles. The summed E-state index contributed by atoms with van der Waals surface area (Å²) >= 11 is 0. The van der Waals surface area contributed by atoms with Gasteiger partial charge in [0.05, 0.1) is 11.7 Å². The molecule has 0 N–H and O–H groups in total. The van der Waals surface area contributed by atoms with Gasteiger partial charge in [-0.15, -0.1) is 0 Å². The first-order valence-corrected chi connectivity index (χ1v) is 9.92. The summed E-state index contributed by atoms with van der Waals surface area (Å²) in [6, 6.07) is 18.9. The quantitative estimate of drug-likeness (QED) is 0.456. The van der Waals surface area contributed by atoms with Crippen LogP contribution in [-0.2, 0) is 23.7 Å². The summed E-state index contributed by atoms with van der Waals surface area (Å²) in [6.07, 6.45) is -2.10. The molecular formula is C25H23F3O. The second-order valence-corrected chi connectivity index (χ2v) is 7.63. The van der Waals surface area contributed by atoms with E-state index in [1.54, 1.807) is 6.07 Å². The maximum absolute atomic E-state index is 14.6. The lowest BCUT2D eigenvalue weighted by molar-refractivity contribution is -0.284. The number of hydrogen-bond donors (Lipinski definition) is 0. The smallest absolute Gasteiger partial charge is 0.308 e. The fourth-order valence-corrected chi connectivity index (χ4v) is 3.91. The van der Waals surface area contributed by atoms with Gasteiger partial charge in [-0.3, -0.25) is 0 Å². The van der Waals surface area contributed by atoms with Crippen LogP contribution in [-0.4, -0.2) is 0 Å². The molecule has 150 valence electrons. The van der Waals surface area contributed by atoms with E-state index in [1.807, 2.05) is 24.3 Å². The first kappa shape index (κ1) is 19.7. The first-order valence-electron chi connectivity index (χ1n) is 9.92. The standard InChI is InChI=1S/C25H23F3O/c1-3-4-17-6-9-18(10-7-17)19-11-13-20(14-12-19)22-15-21-8-5-16(2)24(26)23(21)25(27,28)29-22/h5-14,22H,3-4,15H2,1-2H3. The Bertz CT molecular complexity index is 1010. The fraction of sp³-hybridized carbons (Fsp3) is 0.280. The van der Waals surface area contributed by atoms with E-state index in [9.17, 15) is 13.2 Å². The molecule has 0 saturated carbocycles. The summed E-state index contributed by atoms with van der Waals surface area (Å²) in [7, 11) is 0. The third kappa shape index (κ3) is 3.82. The Morgan fingerprint density at radius 1 is 0.931 bits per heavy atom. The number of rotatable bonds is 4. The Hall–Kier alpha value is -2.59. The fourth-order valence-electron chi connectivity index (χ4n) is 3.91. The number of halogens is 3. The van der Waals surface area contributed by atoms with Crippen LogP contribution in [0.2, 0.25) is 0 Å². The normalized spacial score (nSPS) is 17.8. The topological polar surface area (TPSA) is 9.23 Å². The minimum absolute atomic E-state index is 0.194. The minimum atomic E-state index is -3.65. The van der Waals surface area contributed by atoms with Gasteiger partial charge in [-0.1, -0.05) is 74.0 Å². The predicted octanol–water partition coefficient (Wildman–Crippen LogP) is 7.12. The molecule has 0 radical (unpaired) electrons. The van der Waals surface area contributed by atoms with Gasteiger partial charge in [-0.2, -0.15) is 8.78 Å². The summed E-state index contributed by atoms with van der Waals surface area (Å²) < 4.78 is 48.4. The third-order valence-electron chi connectivity index (χ3n) is 5.52. The van der Waals surface area contributed by atoms with Crippen molar-refractivity contribution in [3.05, 3.63) is 94.3 Å². The van der Waals surface area contributed by atoms with E-state index in [0.717, 1.165) is 24.0 Å². The zero-order valence-electron chi connectivity index (χ0n) is 16.5. The number of fused-ring (bicyclic) bond motifs is 1. The number of alkyl halides is 2. The third-order valence-corrected chi connectivity index (χ3v) is 5.52. The second-order valence-electron chi connectivity index (χ2n) is 7.63. The SMILES string of the molecule is CCCc1ccc(-c2ccc(C3Cc4ccc(C)c(F)c4C(F)(F)O3)cc2)cc1. The largest absolute Gasteiger partial charge is 0.387 e. The van der Waals surface area contributed by atoms with Crippen molar-refractivity contribution in [3.8, 4) is 11.1 Å². The number of benzene rings is 3. The Labute approximate surface area is 169 Å². The van der Waals surface area contributed by atoms with Crippen LogP contribution in [0, 0.1) is 12.7 Å². The molecule has 4 rings (SSSR count). The summed E-state index contributed by atoms with van der Waals surface area (Å²) in [5, 5.41) is 0. The van der Waals surface area contributed by atoms with E-state index in [0.29, 0.717) is 11.1 Å². The molecule has 1 heterocycles. The van der Waals surface area contributed by atoms with Gasteiger partial charge in [0.2, 0.25) is 0 Å². The van der Waals surface area contributed by atoms with Crippen LogP contribution in [0.5, 0.6) is 0 Å². The van der Waals surface area contributed by atoms with E-state index in [2.05, 4.69) is 31.2 Å². The molecule has 0 saturated heterocycles. The van der Waals surface area contributed by atoms with Gasteiger partial charge in [0.1, 0.15) is 5.82 Å². The molecular weight excluding hydrogens is 373 g/mol. The van der Waals surface area contributed by atoms with Crippen LogP contribution in [0.1, 0.15) is 47.3 Å². The molecule has 4 heteroatoms. The molecule has 1 aliphatic heterocycles. The van der Waals surface area contributed by atoms with Gasteiger partial charge in [0, 0.05) is 6.42 Å².